The minimum atomic E-state index is 0.926. The third-order valence-corrected chi connectivity index (χ3v) is 5.54. The molecule has 28 heavy (non-hydrogen) atoms. The summed E-state index contributed by atoms with van der Waals surface area (Å²) in [5.41, 5.74) is 6.17. The van der Waals surface area contributed by atoms with Gasteiger partial charge < -0.3 is 4.42 Å². The van der Waals surface area contributed by atoms with Crippen LogP contribution >= 0.6 is 0 Å². The Labute approximate surface area is 162 Å². The van der Waals surface area contributed by atoms with Crippen LogP contribution in [0.15, 0.2) is 89.3 Å². The topological polar surface area (TPSA) is 26.0 Å². The van der Waals surface area contributed by atoms with Crippen LogP contribution in [0.2, 0.25) is 0 Å². The van der Waals surface area contributed by atoms with Crippen molar-refractivity contribution < 1.29 is 4.42 Å². The molecule has 0 atom stereocenters. The van der Waals surface area contributed by atoms with Crippen molar-refractivity contribution >= 4 is 43.6 Å². The first kappa shape index (κ1) is 15.4. The summed E-state index contributed by atoms with van der Waals surface area (Å²) in [6.45, 7) is 2.12. The Balaban J connectivity index is 1.95. The number of fused-ring (bicyclic) bond motifs is 7. The lowest BCUT2D eigenvalue weighted by molar-refractivity contribution is 0.666. The molecule has 6 aromatic rings. The Morgan fingerprint density at radius 3 is 2.25 bits per heavy atom. The maximum Gasteiger partial charge on any atom is 0.138 e. The van der Waals surface area contributed by atoms with E-state index in [9.17, 15) is 0 Å². The zero-order valence-electron chi connectivity index (χ0n) is 15.4. The number of benzene rings is 4. The number of para-hydroxylation sites is 2. The van der Waals surface area contributed by atoms with E-state index in [0.29, 0.717) is 0 Å². The van der Waals surface area contributed by atoms with E-state index in [1.807, 2.05) is 18.2 Å². The molecule has 2 nitrogen and oxygen atoms in total. The summed E-state index contributed by atoms with van der Waals surface area (Å²) < 4.78 is 6.27. The summed E-state index contributed by atoms with van der Waals surface area (Å²) in [5, 5.41) is 5.88. The van der Waals surface area contributed by atoms with E-state index in [-0.39, 0.29) is 0 Å². The molecule has 2 heterocycles. The molecule has 0 fully saturated rings. The van der Waals surface area contributed by atoms with Gasteiger partial charge in [-0.1, -0.05) is 66.7 Å². The van der Waals surface area contributed by atoms with Crippen LogP contribution < -0.4 is 0 Å². The van der Waals surface area contributed by atoms with E-state index in [0.717, 1.165) is 44.3 Å². The van der Waals surface area contributed by atoms with E-state index in [1.165, 1.54) is 16.2 Å². The lowest BCUT2D eigenvalue weighted by Crippen LogP contribution is -1.91. The molecule has 132 valence electrons. The maximum atomic E-state index is 6.27. The molecule has 0 spiro atoms. The summed E-state index contributed by atoms with van der Waals surface area (Å²) in [6, 6.07) is 29.3. The van der Waals surface area contributed by atoms with Crippen LogP contribution in [0, 0.1) is 6.92 Å². The van der Waals surface area contributed by atoms with Crippen molar-refractivity contribution in [1.82, 2.24) is 4.98 Å². The van der Waals surface area contributed by atoms with Crippen LogP contribution in [-0.2, 0) is 0 Å². The number of hydrogen-bond acceptors (Lipinski definition) is 2. The second kappa shape index (κ2) is 5.67. The van der Waals surface area contributed by atoms with Gasteiger partial charge >= 0.3 is 0 Å². The Bertz CT molecular complexity index is 1510. The quantitative estimate of drug-likeness (QED) is 0.289. The molecule has 0 saturated carbocycles. The van der Waals surface area contributed by atoms with Crippen molar-refractivity contribution in [2.24, 2.45) is 0 Å². The summed E-state index contributed by atoms with van der Waals surface area (Å²) in [7, 11) is 0. The van der Waals surface area contributed by atoms with E-state index in [4.69, 9.17) is 9.40 Å². The van der Waals surface area contributed by atoms with Gasteiger partial charge in [0.25, 0.3) is 0 Å². The van der Waals surface area contributed by atoms with Gasteiger partial charge in [-0.3, -0.25) is 0 Å². The molecule has 2 heteroatoms. The Morgan fingerprint density at radius 1 is 0.679 bits per heavy atom. The number of hydrogen-bond donors (Lipinski definition) is 0. The first-order valence-electron chi connectivity index (χ1n) is 9.50. The fourth-order valence-electron chi connectivity index (χ4n) is 4.31. The zero-order valence-corrected chi connectivity index (χ0v) is 15.4. The molecule has 0 amide bonds. The van der Waals surface area contributed by atoms with Gasteiger partial charge in [0.15, 0.2) is 0 Å². The first-order valence-corrected chi connectivity index (χ1v) is 9.50. The summed E-state index contributed by atoms with van der Waals surface area (Å²) in [5.74, 6) is 0. The van der Waals surface area contributed by atoms with Gasteiger partial charge in [-0.2, -0.15) is 0 Å². The SMILES string of the molecule is Cc1cc2c(-c3ccccc3)nc3ccccc3c2c2c1oc1ccccc12. The molecular formula is C26H17NO. The summed E-state index contributed by atoms with van der Waals surface area (Å²) in [6.07, 6.45) is 0. The van der Waals surface area contributed by atoms with Gasteiger partial charge in [0, 0.05) is 32.5 Å². The van der Waals surface area contributed by atoms with Crippen molar-refractivity contribution in [2.75, 3.05) is 0 Å². The number of nitrogens with zero attached hydrogens (tertiary/aromatic N) is 1. The summed E-state index contributed by atoms with van der Waals surface area (Å²) >= 11 is 0. The van der Waals surface area contributed by atoms with Crippen molar-refractivity contribution in [3.63, 3.8) is 0 Å². The molecule has 0 radical (unpaired) electrons. The Hall–Kier alpha value is -3.65. The third kappa shape index (κ3) is 2.06. The van der Waals surface area contributed by atoms with E-state index in [1.54, 1.807) is 0 Å². The Kier molecular flexibility index (Phi) is 3.12. The predicted octanol–water partition coefficient (Wildman–Crippen LogP) is 7.26. The van der Waals surface area contributed by atoms with Gasteiger partial charge in [-0.25, -0.2) is 4.98 Å². The van der Waals surface area contributed by atoms with Crippen LogP contribution in [0.1, 0.15) is 5.56 Å². The maximum absolute atomic E-state index is 6.27. The smallest absolute Gasteiger partial charge is 0.138 e. The fraction of sp³-hybridized carbons (Fsp3) is 0.0385. The molecule has 4 aromatic carbocycles. The number of aryl methyl sites for hydroxylation is 1. The third-order valence-electron chi connectivity index (χ3n) is 5.54. The van der Waals surface area contributed by atoms with Crippen LogP contribution in [0.25, 0.3) is 54.9 Å². The normalized spacial score (nSPS) is 11.8. The van der Waals surface area contributed by atoms with Crippen molar-refractivity contribution in [2.45, 2.75) is 6.92 Å². The second-order valence-electron chi connectivity index (χ2n) is 7.26. The first-order chi connectivity index (χ1) is 13.8. The van der Waals surface area contributed by atoms with Gasteiger partial charge in [0.2, 0.25) is 0 Å². The predicted molar refractivity (Wildman–Crippen MR) is 117 cm³/mol. The number of aromatic nitrogens is 1. The highest BCUT2D eigenvalue weighted by atomic mass is 16.3. The molecule has 0 unspecified atom stereocenters. The van der Waals surface area contributed by atoms with Crippen LogP contribution in [0.5, 0.6) is 0 Å². The highest BCUT2D eigenvalue weighted by molar-refractivity contribution is 6.28. The largest absolute Gasteiger partial charge is 0.456 e. The van der Waals surface area contributed by atoms with Gasteiger partial charge in [0.05, 0.1) is 11.2 Å². The van der Waals surface area contributed by atoms with E-state index in [2.05, 4.69) is 73.7 Å². The lowest BCUT2D eigenvalue weighted by Gasteiger charge is -2.12. The molecule has 0 aliphatic heterocycles. The minimum Gasteiger partial charge on any atom is -0.456 e. The fourth-order valence-corrected chi connectivity index (χ4v) is 4.31. The molecular weight excluding hydrogens is 342 g/mol. The van der Waals surface area contributed by atoms with Crippen LogP contribution in [0.4, 0.5) is 0 Å². The Morgan fingerprint density at radius 2 is 1.39 bits per heavy atom. The van der Waals surface area contributed by atoms with Gasteiger partial charge in [-0.05, 0) is 30.7 Å². The van der Waals surface area contributed by atoms with Gasteiger partial charge in [0.1, 0.15) is 11.2 Å². The van der Waals surface area contributed by atoms with Crippen molar-refractivity contribution in [3.05, 3.63) is 90.5 Å². The molecule has 6 rings (SSSR count). The average molecular weight is 359 g/mol. The molecule has 2 aromatic heterocycles. The highest BCUT2D eigenvalue weighted by Crippen LogP contribution is 2.42. The van der Waals surface area contributed by atoms with Gasteiger partial charge in [-0.15, -0.1) is 0 Å². The molecule has 0 aliphatic carbocycles. The second-order valence-corrected chi connectivity index (χ2v) is 7.26. The monoisotopic (exact) mass is 359 g/mol. The van der Waals surface area contributed by atoms with Crippen LogP contribution in [0.3, 0.4) is 0 Å². The van der Waals surface area contributed by atoms with Crippen LogP contribution in [-0.4, -0.2) is 4.98 Å². The van der Waals surface area contributed by atoms with E-state index >= 15 is 0 Å². The summed E-state index contributed by atoms with van der Waals surface area (Å²) in [4.78, 5) is 5.06. The molecule has 0 aliphatic rings. The number of rotatable bonds is 1. The minimum absolute atomic E-state index is 0.926. The molecule has 0 saturated heterocycles. The molecule has 0 N–H and O–H groups in total. The van der Waals surface area contributed by atoms with Crippen molar-refractivity contribution in [3.8, 4) is 11.3 Å². The standard InChI is InChI=1S/C26H17NO/c1-16-15-20-23(24-19-12-6-8-14-22(19)28-26(16)24)18-11-5-7-13-21(18)27-25(20)17-9-3-2-4-10-17/h2-15H,1H3. The number of furan rings is 1. The zero-order chi connectivity index (χ0) is 18.7. The molecule has 0 bridgehead atoms. The van der Waals surface area contributed by atoms with Crippen molar-refractivity contribution in [1.29, 1.82) is 0 Å². The lowest BCUT2D eigenvalue weighted by atomic mass is 9.94. The number of pyridine rings is 1. The highest BCUT2D eigenvalue weighted by Gasteiger charge is 2.18. The average Bonchev–Trinajstić information content (AvgIpc) is 3.14. The van der Waals surface area contributed by atoms with E-state index < -0.39 is 0 Å².